The van der Waals surface area contributed by atoms with Crippen LogP contribution in [0.5, 0.6) is 0 Å². The third-order valence-corrected chi connectivity index (χ3v) is 5.70. The molecule has 2 N–H and O–H groups in total. The van der Waals surface area contributed by atoms with Gasteiger partial charge in [-0.05, 0) is 50.5 Å². The number of benzene rings is 1. The minimum Gasteiger partial charge on any atom is -0.382 e. The van der Waals surface area contributed by atoms with Crippen LogP contribution in [0.15, 0.2) is 47.7 Å². The van der Waals surface area contributed by atoms with E-state index in [-0.39, 0.29) is 6.04 Å². The maximum absolute atomic E-state index is 6.33. The van der Waals surface area contributed by atoms with Crippen molar-refractivity contribution in [2.75, 3.05) is 5.73 Å². The van der Waals surface area contributed by atoms with Crippen molar-refractivity contribution in [2.45, 2.75) is 45.6 Å². The Kier molecular flexibility index (Phi) is 4.73. The van der Waals surface area contributed by atoms with Crippen LogP contribution in [-0.4, -0.2) is 30.7 Å². The quantitative estimate of drug-likeness (QED) is 0.509. The van der Waals surface area contributed by atoms with Crippen LogP contribution in [0.4, 0.5) is 11.5 Å². The van der Waals surface area contributed by atoms with E-state index in [0.717, 1.165) is 41.1 Å². The second-order valence-electron chi connectivity index (χ2n) is 8.33. The van der Waals surface area contributed by atoms with Gasteiger partial charge in [-0.2, -0.15) is 0 Å². The van der Waals surface area contributed by atoms with Crippen molar-refractivity contribution in [1.29, 1.82) is 0 Å². The smallest absolute Gasteiger partial charge is 0.166 e. The summed E-state index contributed by atoms with van der Waals surface area (Å²) < 4.78 is 2.18. The summed E-state index contributed by atoms with van der Waals surface area (Å²) in [5, 5.41) is 0. The minimum absolute atomic E-state index is 0.197. The van der Waals surface area contributed by atoms with Gasteiger partial charge < -0.3 is 10.3 Å². The van der Waals surface area contributed by atoms with Gasteiger partial charge in [0.25, 0.3) is 0 Å². The Balaban J connectivity index is 1.52. The molecular weight excluding hydrogens is 386 g/mol. The number of imidazole rings is 1. The molecule has 1 unspecified atom stereocenters. The average Bonchev–Trinajstić information content (AvgIpc) is 3.33. The minimum atomic E-state index is 0.197. The largest absolute Gasteiger partial charge is 0.382 e. The van der Waals surface area contributed by atoms with Gasteiger partial charge in [0.1, 0.15) is 5.82 Å². The van der Waals surface area contributed by atoms with Crippen molar-refractivity contribution in [3.8, 4) is 11.4 Å². The third-order valence-electron chi connectivity index (χ3n) is 5.70. The first kappa shape index (κ1) is 19.4. The summed E-state index contributed by atoms with van der Waals surface area (Å²) in [6.45, 7) is 6.28. The first-order valence-electron chi connectivity index (χ1n) is 10.6. The zero-order valence-corrected chi connectivity index (χ0v) is 17.9. The van der Waals surface area contributed by atoms with Crippen LogP contribution in [0.2, 0.25) is 0 Å². The molecule has 0 saturated carbocycles. The monoisotopic (exact) mass is 411 g/mol. The summed E-state index contributed by atoms with van der Waals surface area (Å²) >= 11 is 0. The second kappa shape index (κ2) is 7.58. The van der Waals surface area contributed by atoms with Crippen LogP contribution in [-0.2, 0) is 6.42 Å². The van der Waals surface area contributed by atoms with Gasteiger partial charge in [0, 0.05) is 42.6 Å². The lowest BCUT2D eigenvalue weighted by Gasteiger charge is -2.14. The lowest BCUT2D eigenvalue weighted by molar-refractivity contribution is 0.569. The molecule has 4 aromatic rings. The summed E-state index contributed by atoms with van der Waals surface area (Å²) in [5.74, 6) is 2.25. The highest BCUT2D eigenvalue weighted by atomic mass is 15.2. The Hall–Kier alpha value is -3.61. The van der Waals surface area contributed by atoms with Crippen LogP contribution >= 0.6 is 0 Å². The van der Waals surface area contributed by atoms with Crippen LogP contribution in [0.25, 0.3) is 22.6 Å². The van der Waals surface area contributed by atoms with Gasteiger partial charge in [-0.1, -0.05) is 18.2 Å². The van der Waals surface area contributed by atoms with Gasteiger partial charge in [0.05, 0.1) is 5.69 Å². The van der Waals surface area contributed by atoms with Gasteiger partial charge in [-0.3, -0.25) is 9.98 Å². The second-order valence-corrected chi connectivity index (χ2v) is 8.33. The average molecular weight is 412 g/mol. The molecule has 31 heavy (non-hydrogen) atoms. The molecule has 5 rings (SSSR count). The number of hydrogen-bond donors (Lipinski definition) is 1. The number of nitrogens with two attached hydrogens (primary N) is 1. The lowest BCUT2D eigenvalue weighted by Crippen LogP contribution is -2.09. The topological polar surface area (TPSA) is 94.9 Å². The molecule has 0 bridgehead atoms. The number of aryl methyl sites for hydroxylation is 2. The predicted octanol–water partition coefficient (Wildman–Crippen LogP) is 4.79. The first-order chi connectivity index (χ1) is 15.0. The molecule has 7 heteroatoms. The van der Waals surface area contributed by atoms with Gasteiger partial charge in [0.15, 0.2) is 22.8 Å². The first-order valence-corrected chi connectivity index (χ1v) is 10.6. The summed E-state index contributed by atoms with van der Waals surface area (Å²) in [7, 11) is 0. The van der Waals surface area contributed by atoms with E-state index < -0.39 is 0 Å². The molecular formula is C24H25N7. The molecule has 0 saturated heterocycles. The van der Waals surface area contributed by atoms with E-state index in [0.29, 0.717) is 23.1 Å². The van der Waals surface area contributed by atoms with Crippen molar-refractivity contribution in [3.05, 3.63) is 59.7 Å². The van der Waals surface area contributed by atoms with Crippen LogP contribution in [0.1, 0.15) is 49.2 Å². The van der Waals surface area contributed by atoms with E-state index >= 15 is 0 Å². The number of pyridine rings is 1. The SMILES string of the molecule is Cc1cncc(-c2nc(N)c3nc(CCC4C=Nc5ccccc54)n(C(C)C)c3n2)c1. The number of anilines is 1. The molecule has 0 radical (unpaired) electrons. The number of nitrogens with zero attached hydrogens (tertiary/aromatic N) is 6. The zero-order chi connectivity index (χ0) is 21.5. The van der Waals surface area contributed by atoms with Crippen molar-refractivity contribution < 1.29 is 0 Å². The third kappa shape index (κ3) is 3.46. The Bertz CT molecular complexity index is 1300. The summed E-state index contributed by atoms with van der Waals surface area (Å²) in [6.07, 6.45) is 7.36. The molecule has 1 atom stereocenters. The Morgan fingerprint density at radius 1 is 1.10 bits per heavy atom. The summed E-state index contributed by atoms with van der Waals surface area (Å²) in [4.78, 5) is 23.1. The van der Waals surface area contributed by atoms with Crippen molar-refractivity contribution in [3.63, 3.8) is 0 Å². The molecule has 1 aliphatic heterocycles. The molecule has 1 aromatic carbocycles. The van der Waals surface area contributed by atoms with Gasteiger partial charge in [-0.25, -0.2) is 15.0 Å². The molecule has 1 aliphatic rings. The number of hydrogen-bond acceptors (Lipinski definition) is 6. The van der Waals surface area contributed by atoms with Crippen molar-refractivity contribution in [2.24, 2.45) is 4.99 Å². The van der Waals surface area contributed by atoms with Crippen molar-refractivity contribution in [1.82, 2.24) is 24.5 Å². The van der Waals surface area contributed by atoms with E-state index in [4.69, 9.17) is 15.7 Å². The maximum Gasteiger partial charge on any atom is 0.166 e. The van der Waals surface area contributed by atoms with E-state index in [1.54, 1.807) is 6.20 Å². The predicted molar refractivity (Wildman–Crippen MR) is 124 cm³/mol. The number of fused-ring (bicyclic) bond motifs is 2. The Labute approximate surface area is 181 Å². The number of aliphatic imine (C=N–C) groups is 1. The standard InChI is InChI=1S/C24H25N7/c1-14(2)31-20(9-8-16-13-27-19-7-5-4-6-18(16)19)28-21-22(25)29-23(30-24(21)31)17-10-15(3)11-26-12-17/h4-7,10-14,16H,8-9H2,1-3H3,(H2,25,29,30). The normalized spacial score (nSPS) is 15.2. The number of rotatable bonds is 5. The fourth-order valence-corrected chi connectivity index (χ4v) is 4.25. The number of nitrogen functional groups attached to an aromatic ring is 1. The Morgan fingerprint density at radius 2 is 1.94 bits per heavy atom. The summed E-state index contributed by atoms with van der Waals surface area (Å²) in [5.41, 5.74) is 12.0. The zero-order valence-electron chi connectivity index (χ0n) is 17.9. The van der Waals surface area contributed by atoms with Crippen molar-refractivity contribution >= 4 is 28.9 Å². The highest BCUT2D eigenvalue weighted by Gasteiger charge is 2.22. The van der Waals surface area contributed by atoms with Crippen LogP contribution in [0.3, 0.4) is 0 Å². The molecule has 7 nitrogen and oxygen atoms in total. The highest BCUT2D eigenvalue weighted by molar-refractivity contribution is 5.84. The fourth-order valence-electron chi connectivity index (χ4n) is 4.25. The molecule has 4 heterocycles. The number of para-hydroxylation sites is 1. The van der Waals surface area contributed by atoms with Gasteiger partial charge in [0.2, 0.25) is 0 Å². The van der Waals surface area contributed by atoms with Crippen LogP contribution < -0.4 is 5.73 Å². The molecule has 156 valence electrons. The van der Waals surface area contributed by atoms with Crippen LogP contribution in [0, 0.1) is 6.92 Å². The van der Waals surface area contributed by atoms with E-state index in [1.165, 1.54) is 5.56 Å². The lowest BCUT2D eigenvalue weighted by atomic mass is 9.96. The van der Waals surface area contributed by atoms with Gasteiger partial charge >= 0.3 is 0 Å². The molecule has 0 fully saturated rings. The Morgan fingerprint density at radius 3 is 2.74 bits per heavy atom. The van der Waals surface area contributed by atoms with E-state index in [2.05, 4.69) is 51.6 Å². The molecule has 0 amide bonds. The van der Waals surface area contributed by atoms with E-state index in [9.17, 15) is 0 Å². The molecule has 3 aromatic heterocycles. The molecule has 0 spiro atoms. The molecule has 0 aliphatic carbocycles. The van der Waals surface area contributed by atoms with E-state index in [1.807, 2.05) is 31.5 Å². The van der Waals surface area contributed by atoms with Gasteiger partial charge in [-0.15, -0.1) is 0 Å². The number of aromatic nitrogens is 5. The summed E-state index contributed by atoms with van der Waals surface area (Å²) in [6, 6.07) is 10.5. The highest BCUT2D eigenvalue weighted by Crippen LogP contribution is 2.35. The fraction of sp³-hybridized carbons (Fsp3) is 0.292. The maximum atomic E-state index is 6.33.